The molecule has 2 rings (SSSR count). The molecule has 0 amide bonds. The molecule has 6 heteroatoms. The molecule has 0 spiro atoms. The molecule has 1 aromatic heterocycles. The fourth-order valence-electron chi connectivity index (χ4n) is 1.69. The number of nitrogens with two attached hydrogens (primary N) is 1. The number of carbonyl (C=O) groups is 1. The Bertz CT molecular complexity index is 708. The van der Waals surface area contributed by atoms with E-state index in [1.54, 1.807) is 6.07 Å². The molecule has 0 atom stereocenters. The van der Waals surface area contributed by atoms with E-state index in [1.807, 2.05) is 0 Å². The highest BCUT2D eigenvalue weighted by Gasteiger charge is 2.17. The van der Waals surface area contributed by atoms with Crippen molar-refractivity contribution in [2.24, 2.45) is 0 Å². The second-order valence-corrected chi connectivity index (χ2v) is 3.74. The molecule has 2 aromatic rings. The second kappa shape index (κ2) is 4.74. The lowest BCUT2D eigenvalue weighted by Crippen LogP contribution is -2.04. The van der Waals surface area contributed by atoms with Gasteiger partial charge >= 0.3 is 5.97 Å². The van der Waals surface area contributed by atoms with Crippen molar-refractivity contribution in [1.82, 2.24) is 4.98 Å². The van der Waals surface area contributed by atoms with Crippen LogP contribution in [0.4, 0.5) is 10.2 Å². The van der Waals surface area contributed by atoms with Gasteiger partial charge in [0.05, 0.1) is 11.1 Å². The van der Waals surface area contributed by atoms with Crippen molar-refractivity contribution in [3.63, 3.8) is 0 Å². The molecule has 1 aromatic carbocycles. The maximum Gasteiger partial charge on any atom is 0.336 e. The second-order valence-electron chi connectivity index (χ2n) is 3.74. The van der Waals surface area contributed by atoms with Crippen LogP contribution >= 0.6 is 0 Å². The van der Waals surface area contributed by atoms with Gasteiger partial charge in [0, 0.05) is 17.3 Å². The third-order valence-corrected chi connectivity index (χ3v) is 2.56. The number of nitrogen functional groups attached to an aromatic ring is 1. The number of carboxylic acid groups (broad SMARTS) is 1. The van der Waals surface area contributed by atoms with Crippen molar-refractivity contribution < 1.29 is 14.3 Å². The zero-order chi connectivity index (χ0) is 14.0. The quantitative estimate of drug-likeness (QED) is 0.857. The first kappa shape index (κ1) is 12.5. The first-order chi connectivity index (χ1) is 9.04. The average Bonchev–Trinajstić information content (AvgIpc) is 2.39. The molecule has 0 aliphatic rings. The van der Waals surface area contributed by atoms with E-state index in [0.29, 0.717) is 0 Å². The maximum atomic E-state index is 14.0. The lowest BCUT2D eigenvalue weighted by molar-refractivity contribution is 0.0697. The van der Waals surface area contributed by atoms with Crippen LogP contribution in [-0.2, 0) is 0 Å². The van der Waals surface area contributed by atoms with Crippen LogP contribution in [0, 0.1) is 17.1 Å². The molecule has 0 saturated heterocycles. The number of benzene rings is 1. The number of hydrogen-bond donors (Lipinski definition) is 2. The molecule has 0 unspecified atom stereocenters. The molecule has 0 bridgehead atoms. The number of nitrogens with zero attached hydrogens (tertiary/aromatic N) is 2. The van der Waals surface area contributed by atoms with Crippen molar-refractivity contribution in [3.8, 4) is 17.2 Å². The number of anilines is 1. The molecular formula is C13H8FN3O2. The van der Waals surface area contributed by atoms with Gasteiger partial charge in [-0.3, -0.25) is 0 Å². The minimum Gasteiger partial charge on any atom is -0.478 e. The predicted octanol–water partition coefficient (Wildman–Crippen LogP) is 2.04. The first-order valence-electron chi connectivity index (χ1n) is 5.22. The summed E-state index contributed by atoms with van der Waals surface area (Å²) in [5.74, 6) is -2.00. The van der Waals surface area contributed by atoms with Gasteiger partial charge in [-0.15, -0.1) is 0 Å². The number of pyridine rings is 1. The number of halogens is 1. The normalized spacial score (nSPS) is 9.89. The fourth-order valence-corrected chi connectivity index (χ4v) is 1.69. The molecule has 0 aliphatic carbocycles. The fraction of sp³-hybridized carbons (Fsp3) is 0. The Morgan fingerprint density at radius 1 is 1.42 bits per heavy atom. The van der Waals surface area contributed by atoms with Crippen LogP contribution in [0.5, 0.6) is 0 Å². The van der Waals surface area contributed by atoms with E-state index in [2.05, 4.69) is 4.98 Å². The molecule has 5 nitrogen and oxygen atoms in total. The Labute approximate surface area is 107 Å². The SMILES string of the molecule is N#Cc1cccc(-c2cnc(N)cc2C(=O)O)c1F. The third kappa shape index (κ3) is 2.21. The maximum absolute atomic E-state index is 14.0. The number of carboxylic acids is 1. The molecule has 0 aliphatic heterocycles. The van der Waals surface area contributed by atoms with Crippen LogP contribution in [0.1, 0.15) is 15.9 Å². The Balaban J connectivity index is 2.73. The summed E-state index contributed by atoms with van der Waals surface area (Å²) in [7, 11) is 0. The van der Waals surface area contributed by atoms with Crippen LogP contribution in [0.2, 0.25) is 0 Å². The molecule has 0 saturated carbocycles. The van der Waals surface area contributed by atoms with Gasteiger partial charge in [0.25, 0.3) is 0 Å². The van der Waals surface area contributed by atoms with Gasteiger partial charge in [-0.05, 0) is 12.1 Å². The van der Waals surface area contributed by atoms with E-state index in [9.17, 15) is 9.18 Å². The van der Waals surface area contributed by atoms with Crippen molar-refractivity contribution in [3.05, 3.63) is 47.4 Å². The summed E-state index contributed by atoms with van der Waals surface area (Å²) in [6.07, 6.45) is 1.18. The molecule has 0 fully saturated rings. The highest BCUT2D eigenvalue weighted by Crippen LogP contribution is 2.28. The number of aromatic carboxylic acids is 1. The van der Waals surface area contributed by atoms with Gasteiger partial charge in [-0.2, -0.15) is 5.26 Å². The average molecular weight is 257 g/mol. The largest absolute Gasteiger partial charge is 0.478 e. The van der Waals surface area contributed by atoms with Gasteiger partial charge < -0.3 is 10.8 Å². The van der Waals surface area contributed by atoms with Crippen molar-refractivity contribution in [2.75, 3.05) is 5.73 Å². The zero-order valence-electron chi connectivity index (χ0n) is 9.59. The van der Waals surface area contributed by atoms with Crippen molar-refractivity contribution in [1.29, 1.82) is 5.26 Å². The van der Waals surface area contributed by atoms with E-state index in [1.165, 1.54) is 24.4 Å². The van der Waals surface area contributed by atoms with E-state index in [4.69, 9.17) is 16.1 Å². The summed E-state index contributed by atoms with van der Waals surface area (Å²) in [5.41, 5.74) is 5.17. The summed E-state index contributed by atoms with van der Waals surface area (Å²) in [4.78, 5) is 14.9. The third-order valence-electron chi connectivity index (χ3n) is 2.56. The standard InChI is InChI=1S/C13H8FN3O2/c14-12-7(5-15)2-1-3-8(12)10-6-17-11(16)4-9(10)13(18)19/h1-4,6H,(H2,16,17)(H,18,19). The lowest BCUT2D eigenvalue weighted by atomic mass is 9.99. The molecule has 94 valence electrons. The predicted molar refractivity (Wildman–Crippen MR) is 65.7 cm³/mol. The molecule has 3 N–H and O–H groups in total. The minimum absolute atomic E-state index is 0.00366. The number of rotatable bonds is 2. The lowest BCUT2D eigenvalue weighted by Gasteiger charge is -2.08. The molecule has 0 radical (unpaired) electrons. The van der Waals surface area contributed by atoms with Gasteiger partial charge in [0.15, 0.2) is 0 Å². The topological polar surface area (TPSA) is 100 Å². The van der Waals surface area contributed by atoms with E-state index >= 15 is 0 Å². The van der Waals surface area contributed by atoms with Gasteiger partial charge in [-0.1, -0.05) is 12.1 Å². The summed E-state index contributed by atoms with van der Waals surface area (Å²) >= 11 is 0. The van der Waals surface area contributed by atoms with Crippen LogP contribution in [0.25, 0.3) is 11.1 Å². The first-order valence-corrected chi connectivity index (χ1v) is 5.22. The minimum atomic E-state index is -1.24. The number of nitriles is 1. The van der Waals surface area contributed by atoms with Gasteiger partial charge in [-0.25, -0.2) is 14.2 Å². The van der Waals surface area contributed by atoms with E-state index < -0.39 is 11.8 Å². The van der Waals surface area contributed by atoms with Crippen LogP contribution in [-0.4, -0.2) is 16.1 Å². The van der Waals surface area contributed by atoms with Crippen LogP contribution in [0.3, 0.4) is 0 Å². The Hall–Kier alpha value is -2.94. The molecular weight excluding hydrogens is 249 g/mol. The van der Waals surface area contributed by atoms with Gasteiger partial charge in [0.2, 0.25) is 0 Å². The summed E-state index contributed by atoms with van der Waals surface area (Å²) in [6, 6.07) is 7.01. The Morgan fingerprint density at radius 3 is 2.79 bits per heavy atom. The van der Waals surface area contributed by atoms with Crippen molar-refractivity contribution >= 4 is 11.8 Å². The van der Waals surface area contributed by atoms with Crippen molar-refractivity contribution in [2.45, 2.75) is 0 Å². The van der Waals surface area contributed by atoms with Crippen LogP contribution < -0.4 is 5.73 Å². The molecule has 19 heavy (non-hydrogen) atoms. The highest BCUT2D eigenvalue weighted by molar-refractivity contribution is 5.96. The Kier molecular flexibility index (Phi) is 3.12. The smallest absolute Gasteiger partial charge is 0.336 e. The van der Waals surface area contributed by atoms with Gasteiger partial charge in [0.1, 0.15) is 17.7 Å². The van der Waals surface area contributed by atoms with E-state index in [-0.39, 0.29) is 28.1 Å². The number of aromatic nitrogens is 1. The molecule has 1 heterocycles. The summed E-state index contributed by atoms with van der Waals surface area (Å²) in [6.45, 7) is 0. The summed E-state index contributed by atoms with van der Waals surface area (Å²) < 4.78 is 14.0. The number of hydrogen-bond acceptors (Lipinski definition) is 4. The summed E-state index contributed by atoms with van der Waals surface area (Å²) in [5, 5.41) is 17.9. The van der Waals surface area contributed by atoms with E-state index in [0.717, 1.165) is 6.07 Å². The zero-order valence-corrected chi connectivity index (χ0v) is 9.59. The van der Waals surface area contributed by atoms with Crippen LogP contribution in [0.15, 0.2) is 30.5 Å². The monoisotopic (exact) mass is 257 g/mol. The Morgan fingerprint density at radius 2 is 2.16 bits per heavy atom. The highest BCUT2D eigenvalue weighted by atomic mass is 19.1.